The fourth-order valence-corrected chi connectivity index (χ4v) is 2.84. The molecule has 2 atom stereocenters. The van der Waals surface area contributed by atoms with Crippen LogP contribution in [0.4, 0.5) is 13.2 Å². The van der Waals surface area contributed by atoms with E-state index in [1.807, 2.05) is 6.92 Å². The Hall–Kier alpha value is -2.22. The Morgan fingerprint density at radius 2 is 2.09 bits per heavy atom. The molecule has 0 saturated carbocycles. The van der Waals surface area contributed by atoms with Gasteiger partial charge in [-0.3, -0.25) is 10.2 Å². The molecule has 0 radical (unpaired) electrons. The van der Waals surface area contributed by atoms with Gasteiger partial charge in [0.15, 0.2) is 11.3 Å². The average Bonchev–Trinajstić information content (AvgIpc) is 2.92. The van der Waals surface area contributed by atoms with Gasteiger partial charge in [0.25, 0.3) is 0 Å². The van der Waals surface area contributed by atoms with Crippen molar-refractivity contribution in [2.45, 2.75) is 25.6 Å². The highest BCUT2D eigenvalue weighted by Gasteiger charge is 2.37. The van der Waals surface area contributed by atoms with Gasteiger partial charge in [-0.25, -0.2) is 5.43 Å². The summed E-state index contributed by atoms with van der Waals surface area (Å²) in [5, 5.41) is 0.317. The second kappa shape index (κ2) is 5.45. The van der Waals surface area contributed by atoms with Crippen molar-refractivity contribution in [1.29, 1.82) is 0 Å². The fourth-order valence-electron chi connectivity index (χ4n) is 2.84. The van der Waals surface area contributed by atoms with Crippen LogP contribution in [0.5, 0.6) is 5.75 Å². The van der Waals surface area contributed by atoms with Crippen molar-refractivity contribution >= 4 is 16.9 Å². The molecule has 1 aromatic carbocycles. The molecule has 124 valence electrons. The van der Waals surface area contributed by atoms with E-state index in [-0.39, 0.29) is 35.6 Å². The van der Waals surface area contributed by atoms with Crippen molar-refractivity contribution in [3.05, 3.63) is 29.5 Å². The number of carbonyl (C=O) groups excluding carboxylic acids is 1. The highest BCUT2D eigenvalue weighted by Crippen LogP contribution is 2.41. The van der Waals surface area contributed by atoms with Gasteiger partial charge in [-0.15, -0.1) is 0 Å². The minimum Gasteiger partial charge on any atom is -0.493 e. The first-order valence-corrected chi connectivity index (χ1v) is 7.03. The van der Waals surface area contributed by atoms with Crippen LogP contribution < -0.4 is 15.6 Å². The molecule has 2 heterocycles. The Morgan fingerprint density at radius 3 is 2.70 bits per heavy atom. The summed E-state index contributed by atoms with van der Waals surface area (Å²) in [6, 6.07) is 3.90. The van der Waals surface area contributed by atoms with Gasteiger partial charge >= 0.3 is 6.18 Å². The first kappa shape index (κ1) is 15.7. The van der Waals surface area contributed by atoms with Crippen LogP contribution in [0.1, 0.15) is 30.7 Å². The molecular formula is C15H15F3N2O3. The van der Waals surface area contributed by atoms with Gasteiger partial charge in [-0.05, 0) is 23.6 Å². The summed E-state index contributed by atoms with van der Waals surface area (Å²) in [6.45, 7) is 1.86. The van der Waals surface area contributed by atoms with Crippen molar-refractivity contribution in [2.24, 2.45) is 5.92 Å². The van der Waals surface area contributed by atoms with E-state index in [1.165, 1.54) is 7.11 Å². The Morgan fingerprint density at radius 1 is 1.35 bits per heavy atom. The number of benzene rings is 1. The molecule has 8 heteroatoms. The van der Waals surface area contributed by atoms with E-state index in [2.05, 4.69) is 10.9 Å². The number of hydrogen-bond donors (Lipinski definition) is 2. The number of halogens is 3. The van der Waals surface area contributed by atoms with Gasteiger partial charge in [0.1, 0.15) is 0 Å². The van der Waals surface area contributed by atoms with E-state index < -0.39 is 11.9 Å². The minimum absolute atomic E-state index is 0.0447. The van der Waals surface area contributed by atoms with Crippen LogP contribution >= 0.6 is 0 Å². The van der Waals surface area contributed by atoms with E-state index in [0.717, 1.165) is 6.07 Å². The third-order valence-electron chi connectivity index (χ3n) is 3.96. The number of amides is 1. The SMILES string of the molecule is COc1ccc(C2NNC(=O)CC2C)c2cc(C(F)(F)F)oc12. The molecule has 1 aliphatic rings. The molecule has 1 saturated heterocycles. The van der Waals surface area contributed by atoms with Crippen molar-refractivity contribution in [2.75, 3.05) is 7.11 Å². The van der Waals surface area contributed by atoms with E-state index in [9.17, 15) is 18.0 Å². The predicted octanol–water partition coefficient (Wildman–Crippen LogP) is 3.16. The molecule has 1 amide bonds. The second-order valence-corrected chi connectivity index (χ2v) is 5.56. The van der Waals surface area contributed by atoms with E-state index in [4.69, 9.17) is 9.15 Å². The lowest BCUT2D eigenvalue weighted by Gasteiger charge is -2.30. The predicted molar refractivity (Wildman–Crippen MR) is 75.6 cm³/mol. The van der Waals surface area contributed by atoms with Crippen LogP contribution in [0, 0.1) is 5.92 Å². The van der Waals surface area contributed by atoms with E-state index in [0.29, 0.717) is 10.9 Å². The van der Waals surface area contributed by atoms with Crippen molar-refractivity contribution in [3.63, 3.8) is 0 Å². The average molecular weight is 328 g/mol. The van der Waals surface area contributed by atoms with Gasteiger partial charge in [-0.2, -0.15) is 13.2 Å². The molecule has 1 fully saturated rings. The number of carbonyl (C=O) groups is 1. The molecule has 0 aliphatic carbocycles. The first-order valence-electron chi connectivity index (χ1n) is 7.03. The Labute approximate surface area is 129 Å². The van der Waals surface area contributed by atoms with E-state index in [1.54, 1.807) is 12.1 Å². The zero-order valence-electron chi connectivity index (χ0n) is 12.5. The largest absolute Gasteiger partial charge is 0.493 e. The van der Waals surface area contributed by atoms with Crippen LogP contribution in [0.25, 0.3) is 11.0 Å². The monoisotopic (exact) mass is 328 g/mol. The smallest absolute Gasteiger partial charge is 0.449 e. The molecule has 2 aromatic rings. The highest BCUT2D eigenvalue weighted by molar-refractivity contribution is 5.88. The Kier molecular flexibility index (Phi) is 3.71. The van der Waals surface area contributed by atoms with Gasteiger partial charge < -0.3 is 9.15 Å². The quantitative estimate of drug-likeness (QED) is 0.889. The number of ether oxygens (including phenoxy) is 1. The van der Waals surface area contributed by atoms with Crippen LogP contribution in [0.2, 0.25) is 0 Å². The second-order valence-electron chi connectivity index (χ2n) is 5.56. The molecule has 2 unspecified atom stereocenters. The third kappa shape index (κ3) is 2.74. The number of hydrogen-bond acceptors (Lipinski definition) is 4. The van der Waals surface area contributed by atoms with Crippen LogP contribution in [-0.2, 0) is 11.0 Å². The number of hydrazine groups is 1. The van der Waals surface area contributed by atoms with Crippen molar-refractivity contribution in [3.8, 4) is 5.75 Å². The zero-order chi connectivity index (χ0) is 16.8. The van der Waals surface area contributed by atoms with Crippen LogP contribution in [-0.4, -0.2) is 13.0 Å². The zero-order valence-corrected chi connectivity index (χ0v) is 12.5. The summed E-state index contributed by atoms with van der Waals surface area (Å²) in [6.07, 6.45) is -4.30. The van der Waals surface area contributed by atoms with Gasteiger partial charge in [0, 0.05) is 11.8 Å². The molecule has 1 aromatic heterocycles. The minimum atomic E-state index is -4.58. The molecule has 2 N–H and O–H groups in total. The maximum absolute atomic E-state index is 13.0. The number of nitrogens with one attached hydrogen (secondary N) is 2. The Bertz CT molecular complexity index is 754. The summed E-state index contributed by atoms with van der Waals surface area (Å²) < 4.78 is 48.9. The normalized spacial score (nSPS) is 22.2. The summed E-state index contributed by atoms with van der Waals surface area (Å²) in [5.74, 6) is -1.08. The molecular weight excluding hydrogens is 313 g/mol. The van der Waals surface area contributed by atoms with Gasteiger partial charge in [-0.1, -0.05) is 13.0 Å². The summed E-state index contributed by atoms with van der Waals surface area (Å²) in [4.78, 5) is 11.4. The lowest BCUT2D eigenvalue weighted by molar-refractivity contribution is -0.152. The standard InChI is InChI=1S/C15H15F3N2O3/c1-7-5-12(21)19-20-13(7)8-3-4-10(22-2)14-9(8)6-11(23-14)15(16,17)18/h3-4,6-7,13,20H,5H2,1-2H3,(H,19,21). The first-order chi connectivity index (χ1) is 10.8. The summed E-state index contributed by atoms with van der Waals surface area (Å²) in [5.41, 5.74) is 6.03. The van der Waals surface area contributed by atoms with Crippen LogP contribution in [0.3, 0.4) is 0 Å². The molecule has 0 bridgehead atoms. The number of methoxy groups -OCH3 is 1. The van der Waals surface area contributed by atoms with Crippen LogP contribution in [0.15, 0.2) is 22.6 Å². The lowest BCUT2D eigenvalue weighted by atomic mass is 9.89. The number of furan rings is 1. The van der Waals surface area contributed by atoms with E-state index >= 15 is 0 Å². The molecule has 23 heavy (non-hydrogen) atoms. The maximum Gasteiger partial charge on any atom is 0.449 e. The fraction of sp³-hybridized carbons (Fsp3) is 0.400. The number of alkyl halides is 3. The maximum atomic E-state index is 13.0. The number of fused-ring (bicyclic) bond motifs is 1. The van der Waals surface area contributed by atoms with Gasteiger partial charge in [0.05, 0.1) is 13.2 Å². The van der Waals surface area contributed by atoms with Gasteiger partial charge in [0.2, 0.25) is 11.7 Å². The summed E-state index contributed by atoms with van der Waals surface area (Å²) >= 11 is 0. The molecule has 5 nitrogen and oxygen atoms in total. The van der Waals surface area contributed by atoms with Crippen molar-refractivity contribution < 1.29 is 27.1 Å². The lowest BCUT2D eigenvalue weighted by Crippen LogP contribution is -2.48. The molecule has 0 spiro atoms. The molecule has 1 aliphatic heterocycles. The highest BCUT2D eigenvalue weighted by atomic mass is 19.4. The summed E-state index contributed by atoms with van der Waals surface area (Å²) in [7, 11) is 1.37. The van der Waals surface area contributed by atoms with Crippen molar-refractivity contribution in [1.82, 2.24) is 10.9 Å². The topological polar surface area (TPSA) is 63.5 Å². The molecule has 3 rings (SSSR count). The third-order valence-corrected chi connectivity index (χ3v) is 3.96. The Balaban J connectivity index is 2.14. The number of rotatable bonds is 2.